The number of amides is 1. The minimum absolute atomic E-state index is 0.0543. The van der Waals surface area contributed by atoms with Gasteiger partial charge in [-0.2, -0.15) is 0 Å². The highest BCUT2D eigenvalue weighted by Crippen LogP contribution is 2.36. The lowest BCUT2D eigenvalue weighted by Gasteiger charge is -2.33. The molecular formula is C10H17N5O. The summed E-state index contributed by atoms with van der Waals surface area (Å²) >= 11 is 0. The van der Waals surface area contributed by atoms with Crippen LogP contribution in [0.4, 0.5) is 0 Å². The molecule has 0 radical (unpaired) electrons. The highest BCUT2D eigenvalue weighted by Gasteiger charge is 2.30. The van der Waals surface area contributed by atoms with Crippen LogP contribution in [-0.2, 0) is 11.3 Å². The molecule has 88 valence electrons. The van der Waals surface area contributed by atoms with Crippen LogP contribution < -0.4 is 11.1 Å². The molecule has 3 N–H and O–H groups in total. The number of carbonyl (C=O) groups excluding carboxylic acids is 1. The first-order valence-electron chi connectivity index (χ1n) is 5.54. The van der Waals surface area contributed by atoms with Crippen molar-refractivity contribution in [2.24, 2.45) is 11.7 Å². The molecule has 1 amide bonds. The van der Waals surface area contributed by atoms with Gasteiger partial charge in [0.25, 0.3) is 0 Å². The van der Waals surface area contributed by atoms with Crippen molar-refractivity contribution in [3.63, 3.8) is 0 Å². The van der Waals surface area contributed by atoms with Crippen LogP contribution in [0.3, 0.4) is 0 Å². The second-order valence-corrected chi connectivity index (χ2v) is 4.33. The molecule has 1 aliphatic carbocycles. The van der Waals surface area contributed by atoms with Gasteiger partial charge in [-0.05, 0) is 25.3 Å². The third kappa shape index (κ3) is 2.38. The molecule has 6 nitrogen and oxygen atoms in total. The van der Waals surface area contributed by atoms with Crippen LogP contribution in [0.2, 0.25) is 0 Å². The summed E-state index contributed by atoms with van der Waals surface area (Å²) in [6.45, 7) is 2.69. The van der Waals surface area contributed by atoms with E-state index >= 15 is 0 Å². The number of carbonyl (C=O) groups is 1. The summed E-state index contributed by atoms with van der Waals surface area (Å²) in [5, 5.41) is 10.8. The molecule has 0 bridgehead atoms. The van der Waals surface area contributed by atoms with Crippen LogP contribution in [0, 0.1) is 5.92 Å². The molecule has 0 saturated heterocycles. The molecule has 0 atom stereocenters. The molecule has 6 heteroatoms. The Balaban J connectivity index is 1.86. The Morgan fingerprint density at radius 2 is 2.44 bits per heavy atom. The maximum absolute atomic E-state index is 10.7. The quantitative estimate of drug-likeness (QED) is 0.741. The van der Waals surface area contributed by atoms with E-state index in [0.717, 1.165) is 25.1 Å². The number of aromatic nitrogens is 3. The van der Waals surface area contributed by atoms with Crippen LogP contribution in [-0.4, -0.2) is 27.4 Å². The fourth-order valence-corrected chi connectivity index (χ4v) is 1.90. The van der Waals surface area contributed by atoms with Gasteiger partial charge in [-0.25, -0.2) is 4.68 Å². The predicted octanol–water partition coefficient (Wildman–Crippen LogP) is -0.176. The van der Waals surface area contributed by atoms with Crippen LogP contribution in [0.25, 0.3) is 0 Å². The van der Waals surface area contributed by atoms with E-state index in [2.05, 4.69) is 15.6 Å². The monoisotopic (exact) mass is 223 g/mol. The van der Waals surface area contributed by atoms with Crippen molar-refractivity contribution in [2.45, 2.75) is 32.4 Å². The number of hydrogen-bond donors (Lipinski definition) is 2. The second kappa shape index (κ2) is 4.61. The van der Waals surface area contributed by atoms with Gasteiger partial charge in [-0.3, -0.25) is 4.79 Å². The normalized spacial score (nSPS) is 23.9. The maximum atomic E-state index is 10.7. The van der Waals surface area contributed by atoms with Gasteiger partial charge in [0.05, 0.1) is 18.8 Å². The Bertz CT molecular complexity index is 369. The zero-order valence-electron chi connectivity index (χ0n) is 9.39. The average molecular weight is 223 g/mol. The summed E-state index contributed by atoms with van der Waals surface area (Å²) in [6, 6.07) is 0.437. The van der Waals surface area contributed by atoms with Crippen molar-refractivity contribution < 1.29 is 4.79 Å². The zero-order chi connectivity index (χ0) is 11.5. The van der Waals surface area contributed by atoms with Gasteiger partial charge >= 0.3 is 0 Å². The number of nitrogens with zero attached hydrogens (tertiary/aromatic N) is 3. The average Bonchev–Trinajstić information content (AvgIpc) is 2.62. The van der Waals surface area contributed by atoms with E-state index in [1.54, 1.807) is 0 Å². The summed E-state index contributed by atoms with van der Waals surface area (Å²) in [4.78, 5) is 10.7. The minimum atomic E-state index is -0.0543. The van der Waals surface area contributed by atoms with Crippen molar-refractivity contribution >= 4 is 5.91 Å². The lowest BCUT2D eigenvalue weighted by atomic mass is 9.80. The Morgan fingerprint density at radius 1 is 1.69 bits per heavy atom. The molecule has 1 fully saturated rings. The molecule has 1 saturated carbocycles. The van der Waals surface area contributed by atoms with Crippen LogP contribution >= 0.6 is 0 Å². The smallest absolute Gasteiger partial charge is 0.217 e. The molecule has 16 heavy (non-hydrogen) atoms. The fraction of sp³-hybridized carbons (Fsp3) is 0.700. The van der Waals surface area contributed by atoms with E-state index < -0.39 is 0 Å². The summed E-state index contributed by atoms with van der Waals surface area (Å²) in [5.74, 6) is 0.578. The van der Waals surface area contributed by atoms with E-state index in [1.807, 2.05) is 10.9 Å². The number of hydrogen-bond acceptors (Lipinski definition) is 4. The lowest BCUT2D eigenvalue weighted by molar-refractivity contribution is -0.119. The van der Waals surface area contributed by atoms with Crippen LogP contribution in [0.15, 0.2) is 6.20 Å². The number of nitrogens with one attached hydrogen (secondary N) is 1. The molecular weight excluding hydrogens is 206 g/mol. The van der Waals surface area contributed by atoms with Crippen molar-refractivity contribution in [1.29, 1.82) is 0 Å². The van der Waals surface area contributed by atoms with E-state index in [9.17, 15) is 4.79 Å². The fourth-order valence-electron chi connectivity index (χ4n) is 1.90. The number of rotatable bonds is 4. The number of nitrogens with two attached hydrogens (primary N) is 1. The molecule has 2 rings (SSSR count). The van der Waals surface area contributed by atoms with E-state index in [0.29, 0.717) is 18.5 Å². The summed E-state index contributed by atoms with van der Waals surface area (Å²) in [6.07, 6.45) is 4.06. The highest BCUT2D eigenvalue weighted by atomic mass is 16.1. The summed E-state index contributed by atoms with van der Waals surface area (Å²) < 4.78 is 1.88. The standard InChI is InChI=1S/C10H17N5O/c1-7(16)12-5-9-6-15(14-13-9)10-2-8(3-10)4-11/h6,8,10H,2-5,11H2,1H3,(H,12,16). The van der Waals surface area contributed by atoms with Gasteiger partial charge < -0.3 is 11.1 Å². The molecule has 0 spiro atoms. The van der Waals surface area contributed by atoms with Gasteiger partial charge in [0.1, 0.15) is 5.69 Å². The third-order valence-corrected chi connectivity index (χ3v) is 2.99. The topological polar surface area (TPSA) is 85.8 Å². The summed E-state index contributed by atoms with van der Waals surface area (Å²) in [5.41, 5.74) is 6.37. The van der Waals surface area contributed by atoms with Gasteiger partial charge in [0.2, 0.25) is 5.91 Å². The molecule has 0 aliphatic heterocycles. The molecule has 0 aromatic carbocycles. The highest BCUT2D eigenvalue weighted by molar-refractivity contribution is 5.72. The second-order valence-electron chi connectivity index (χ2n) is 4.33. The Hall–Kier alpha value is -1.43. The van der Waals surface area contributed by atoms with Crippen molar-refractivity contribution in [3.8, 4) is 0 Å². The van der Waals surface area contributed by atoms with Gasteiger partial charge in [0.15, 0.2) is 0 Å². The van der Waals surface area contributed by atoms with Gasteiger partial charge in [0, 0.05) is 6.92 Å². The maximum Gasteiger partial charge on any atom is 0.217 e. The van der Waals surface area contributed by atoms with Crippen LogP contribution in [0.1, 0.15) is 31.5 Å². The van der Waals surface area contributed by atoms with E-state index in [1.165, 1.54) is 6.92 Å². The molecule has 1 aromatic heterocycles. The summed E-state index contributed by atoms with van der Waals surface area (Å²) in [7, 11) is 0. The third-order valence-electron chi connectivity index (χ3n) is 2.99. The minimum Gasteiger partial charge on any atom is -0.351 e. The molecule has 1 aromatic rings. The van der Waals surface area contributed by atoms with Gasteiger partial charge in [-0.15, -0.1) is 5.10 Å². The SMILES string of the molecule is CC(=O)NCc1cn(C2CC(CN)C2)nn1. The zero-order valence-corrected chi connectivity index (χ0v) is 9.39. The lowest BCUT2D eigenvalue weighted by Crippen LogP contribution is -2.32. The van der Waals surface area contributed by atoms with E-state index in [4.69, 9.17) is 5.73 Å². The van der Waals surface area contributed by atoms with Gasteiger partial charge in [-0.1, -0.05) is 5.21 Å². The van der Waals surface area contributed by atoms with Crippen molar-refractivity contribution in [1.82, 2.24) is 20.3 Å². The first-order valence-corrected chi connectivity index (χ1v) is 5.54. The molecule has 1 aliphatic rings. The Kier molecular flexibility index (Phi) is 3.19. The molecule has 0 unspecified atom stereocenters. The van der Waals surface area contributed by atoms with Crippen molar-refractivity contribution in [3.05, 3.63) is 11.9 Å². The Morgan fingerprint density at radius 3 is 3.06 bits per heavy atom. The van der Waals surface area contributed by atoms with Crippen molar-refractivity contribution in [2.75, 3.05) is 6.54 Å². The predicted molar refractivity (Wildman–Crippen MR) is 58.4 cm³/mol. The van der Waals surface area contributed by atoms with E-state index in [-0.39, 0.29) is 5.91 Å². The van der Waals surface area contributed by atoms with Crippen LogP contribution in [0.5, 0.6) is 0 Å². The largest absolute Gasteiger partial charge is 0.351 e. The first kappa shape index (κ1) is 11.1. The Labute approximate surface area is 94.2 Å². The molecule has 1 heterocycles. The first-order chi connectivity index (χ1) is 7.69.